The summed E-state index contributed by atoms with van der Waals surface area (Å²) in [4.78, 5) is 0. The third-order valence-corrected chi connectivity index (χ3v) is 9.07. The van der Waals surface area contributed by atoms with Gasteiger partial charge in [0, 0.05) is 5.56 Å². The van der Waals surface area contributed by atoms with Gasteiger partial charge in [0.05, 0.1) is 17.3 Å². The second kappa shape index (κ2) is 9.25. The molecule has 4 aromatic rings. The first-order valence-electron chi connectivity index (χ1n) is 10.1. The average Bonchev–Trinajstić information content (AvgIpc) is 2.86. The highest BCUT2D eigenvalue weighted by Crippen LogP contribution is 2.12. The summed E-state index contributed by atoms with van der Waals surface area (Å²) in [6.07, 6.45) is 0. The van der Waals surface area contributed by atoms with Crippen LogP contribution in [-0.2, 0) is 4.53 Å². The number of nitrogens with zero attached hydrogens (tertiary/aromatic N) is 2. The molecule has 4 heteroatoms. The number of hydrogen-bond acceptors (Lipinski definition) is 3. The highest BCUT2D eigenvalue weighted by atomic mass is 28.4. The van der Waals surface area contributed by atoms with Gasteiger partial charge in [-0.3, -0.25) is 0 Å². The molecule has 4 rings (SSSR count). The molecule has 3 nitrogen and oxygen atoms in total. The first kappa shape index (κ1) is 20.3. The molecule has 0 bridgehead atoms. The molecular formula is C27H22N2OSi. The number of nitriles is 1. The normalized spacial score (nSPS) is 11.5. The summed E-state index contributed by atoms with van der Waals surface area (Å²) in [6.45, 7) is 1.91. The Morgan fingerprint density at radius 1 is 0.710 bits per heavy atom. The van der Waals surface area contributed by atoms with Crippen molar-refractivity contribution in [3.05, 3.63) is 126 Å². The zero-order chi connectivity index (χ0) is 21.5. The lowest BCUT2D eigenvalue weighted by molar-refractivity contribution is 0.349. The molecule has 150 valence electrons. The summed E-state index contributed by atoms with van der Waals surface area (Å²) in [6, 6.07) is 40.6. The summed E-state index contributed by atoms with van der Waals surface area (Å²) in [5.41, 5.74) is 2.21. The van der Waals surface area contributed by atoms with Crippen molar-refractivity contribution in [1.82, 2.24) is 0 Å². The van der Waals surface area contributed by atoms with Crippen LogP contribution in [0.4, 0.5) is 0 Å². The van der Waals surface area contributed by atoms with Crippen molar-refractivity contribution in [2.75, 3.05) is 0 Å². The van der Waals surface area contributed by atoms with Gasteiger partial charge in [0.1, 0.15) is 0 Å². The van der Waals surface area contributed by atoms with Crippen LogP contribution in [0.15, 0.2) is 120 Å². The molecule has 0 N–H and O–H groups in total. The Labute approximate surface area is 184 Å². The van der Waals surface area contributed by atoms with Crippen molar-refractivity contribution < 1.29 is 4.53 Å². The molecule has 0 aliphatic rings. The molecule has 0 heterocycles. The minimum absolute atomic E-state index is 0.602. The van der Waals surface area contributed by atoms with Crippen molar-refractivity contribution >= 4 is 29.6 Å². The Morgan fingerprint density at radius 2 is 1.19 bits per heavy atom. The Hall–Kier alpha value is -3.94. The monoisotopic (exact) mass is 418 g/mol. The largest absolute Gasteiger partial charge is 0.438 e. The molecular weight excluding hydrogens is 396 g/mol. The molecule has 0 aliphatic carbocycles. The Balaban J connectivity index is 1.89. The standard InChI is InChI=1S/C27H22N2OSi/c1-22(24-13-11-12-23(20-24)21-28)29-30-31(25-14-5-2-6-15-25,26-16-7-3-8-17-26)27-18-9-4-10-19-27/h2-20H,1H3. The van der Waals surface area contributed by atoms with E-state index in [0.29, 0.717) is 5.56 Å². The maximum absolute atomic E-state index is 9.23. The zero-order valence-electron chi connectivity index (χ0n) is 17.3. The van der Waals surface area contributed by atoms with Crippen molar-refractivity contribution in [3.63, 3.8) is 0 Å². The molecule has 0 spiro atoms. The smallest absolute Gasteiger partial charge is 0.380 e. The lowest BCUT2D eigenvalue weighted by atomic mass is 10.1. The zero-order valence-corrected chi connectivity index (χ0v) is 18.3. The molecule has 0 aliphatic heterocycles. The van der Waals surface area contributed by atoms with Crippen molar-refractivity contribution in [1.29, 1.82) is 5.26 Å². The van der Waals surface area contributed by atoms with Crippen LogP contribution in [-0.4, -0.2) is 14.0 Å². The van der Waals surface area contributed by atoms with Crippen LogP contribution in [0.3, 0.4) is 0 Å². The van der Waals surface area contributed by atoms with Crippen LogP contribution in [0.5, 0.6) is 0 Å². The topological polar surface area (TPSA) is 45.4 Å². The van der Waals surface area contributed by atoms with E-state index in [1.807, 2.05) is 79.7 Å². The van der Waals surface area contributed by atoms with Gasteiger partial charge in [-0.2, -0.15) is 5.26 Å². The van der Waals surface area contributed by atoms with Crippen molar-refractivity contribution in [3.8, 4) is 6.07 Å². The Kier molecular flexibility index (Phi) is 6.07. The van der Waals surface area contributed by atoms with Crippen LogP contribution < -0.4 is 15.6 Å². The fourth-order valence-corrected chi connectivity index (χ4v) is 7.26. The summed E-state index contributed by atoms with van der Waals surface area (Å²) in [5, 5.41) is 17.2. The summed E-state index contributed by atoms with van der Waals surface area (Å²) >= 11 is 0. The van der Waals surface area contributed by atoms with E-state index >= 15 is 0 Å². The van der Waals surface area contributed by atoms with E-state index < -0.39 is 8.32 Å². The Bertz CT molecular complexity index is 1120. The van der Waals surface area contributed by atoms with E-state index in [0.717, 1.165) is 26.8 Å². The van der Waals surface area contributed by atoms with Gasteiger partial charge in [0.2, 0.25) is 0 Å². The predicted octanol–water partition coefficient (Wildman–Crippen LogP) is 3.97. The van der Waals surface area contributed by atoms with Gasteiger partial charge >= 0.3 is 8.32 Å². The van der Waals surface area contributed by atoms with Crippen molar-refractivity contribution in [2.45, 2.75) is 6.92 Å². The van der Waals surface area contributed by atoms with E-state index in [4.69, 9.17) is 4.53 Å². The maximum atomic E-state index is 9.23. The first-order chi connectivity index (χ1) is 15.2. The van der Waals surface area contributed by atoms with Gasteiger partial charge in [0.25, 0.3) is 0 Å². The van der Waals surface area contributed by atoms with Crippen LogP contribution in [0, 0.1) is 11.3 Å². The summed E-state index contributed by atoms with van der Waals surface area (Å²) in [7, 11) is -2.89. The fourth-order valence-electron chi connectivity index (χ4n) is 3.68. The van der Waals surface area contributed by atoms with E-state index in [2.05, 4.69) is 47.6 Å². The molecule has 0 fully saturated rings. The van der Waals surface area contributed by atoms with Crippen LogP contribution >= 0.6 is 0 Å². The maximum Gasteiger partial charge on any atom is 0.380 e. The van der Waals surface area contributed by atoms with Gasteiger partial charge in [-0.05, 0) is 34.6 Å². The van der Waals surface area contributed by atoms with E-state index in [1.165, 1.54) is 0 Å². The second-order valence-electron chi connectivity index (χ2n) is 7.24. The summed E-state index contributed by atoms with van der Waals surface area (Å²) in [5.74, 6) is 0. The molecule has 0 aromatic heterocycles. The first-order valence-corrected chi connectivity index (χ1v) is 12.0. The quantitative estimate of drug-likeness (QED) is 0.206. The van der Waals surface area contributed by atoms with Gasteiger partial charge in [-0.15, -0.1) is 5.16 Å². The molecule has 4 aromatic carbocycles. The predicted molar refractivity (Wildman–Crippen MR) is 128 cm³/mol. The third-order valence-electron chi connectivity index (χ3n) is 5.27. The molecule has 0 saturated heterocycles. The molecule has 31 heavy (non-hydrogen) atoms. The highest BCUT2D eigenvalue weighted by Gasteiger charge is 2.44. The molecule has 0 unspecified atom stereocenters. The molecule has 0 amide bonds. The lowest BCUT2D eigenvalue weighted by Gasteiger charge is -2.30. The lowest BCUT2D eigenvalue weighted by Crippen LogP contribution is -2.68. The van der Waals surface area contributed by atoms with Crippen LogP contribution in [0.2, 0.25) is 0 Å². The van der Waals surface area contributed by atoms with Gasteiger partial charge < -0.3 is 4.53 Å². The van der Waals surface area contributed by atoms with Gasteiger partial charge in [-0.1, -0.05) is 103 Å². The SMILES string of the molecule is CC(=NO[Si](c1ccccc1)(c1ccccc1)c1ccccc1)c1cccc(C#N)c1. The van der Waals surface area contributed by atoms with Gasteiger partial charge in [-0.25, -0.2) is 0 Å². The minimum Gasteiger partial charge on any atom is -0.438 e. The summed E-state index contributed by atoms with van der Waals surface area (Å²) < 4.78 is 6.62. The fraction of sp³-hybridized carbons (Fsp3) is 0.0370. The number of rotatable bonds is 6. The van der Waals surface area contributed by atoms with Crippen molar-refractivity contribution in [2.24, 2.45) is 5.16 Å². The third kappa shape index (κ3) is 4.18. The molecule has 0 saturated carbocycles. The van der Waals surface area contributed by atoms with E-state index in [1.54, 1.807) is 6.07 Å². The van der Waals surface area contributed by atoms with Crippen LogP contribution in [0.1, 0.15) is 18.1 Å². The number of oxime groups is 1. The molecule has 0 radical (unpaired) electrons. The molecule has 0 atom stereocenters. The number of hydrogen-bond donors (Lipinski definition) is 0. The number of benzene rings is 4. The van der Waals surface area contributed by atoms with E-state index in [9.17, 15) is 5.26 Å². The minimum atomic E-state index is -2.89. The van der Waals surface area contributed by atoms with Gasteiger partial charge in [0.15, 0.2) is 0 Å². The second-order valence-corrected chi connectivity index (χ2v) is 10.5. The average molecular weight is 419 g/mol. The van der Waals surface area contributed by atoms with Crippen LogP contribution in [0.25, 0.3) is 0 Å². The highest BCUT2D eigenvalue weighted by molar-refractivity contribution is 7.07. The Morgan fingerprint density at radius 3 is 1.65 bits per heavy atom. The van der Waals surface area contributed by atoms with E-state index in [-0.39, 0.29) is 0 Å².